The molecule has 1 unspecified atom stereocenters. The van der Waals surface area contributed by atoms with Crippen molar-refractivity contribution in [3.8, 4) is 11.5 Å². The summed E-state index contributed by atoms with van der Waals surface area (Å²) in [6, 6.07) is 11.7. The van der Waals surface area contributed by atoms with Gasteiger partial charge in [0.15, 0.2) is 11.5 Å². The molecule has 22 heavy (non-hydrogen) atoms. The standard InChI is InChI=1S/C16H12FNO3S/c17-11-3-1-10(2-4-11)16-18(15(19)8-22-16)12-5-6-13-14(7-12)21-9-20-13/h1-7,16H,8-9H2. The van der Waals surface area contributed by atoms with Gasteiger partial charge in [0.25, 0.3) is 0 Å². The zero-order valence-electron chi connectivity index (χ0n) is 11.5. The first-order chi connectivity index (χ1) is 10.7. The van der Waals surface area contributed by atoms with Crippen molar-refractivity contribution < 1.29 is 18.7 Å². The van der Waals surface area contributed by atoms with Gasteiger partial charge in [-0.1, -0.05) is 12.1 Å². The molecule has 6 heteroatoms. The molecule has 112 valence electrons. The average molecular weight is 317 g/mol. The molecule has 0 N–H and O–H groups in total. The van der Waals surface area contributed by atoms with Gasteiger partial charge in [0, 0.05) is 11.8 Å². The highest BCUT2D eigenvalue weighted by atomic mass is 32.2. The fourth-order valence-electron chi connectivity index (χ4n) is 2.61. The lowest BCUT2D eigenvalue weighted by Crippen LogP contribution is -2.27. The zero-order valence-corrected chi connectivity index (χ0v) is 12.3. The Morgan fingerprint density at radius 3 is 2.68 bits per heavy atom. The Bertz CT molecular complexity index is 735. The van der Waals surface area contributed by atoms with E-state index in [1.54, 1.807) is 23.1 Å². The van der Waals surface area contributed by atoms with E-state index >= 15 is 0 Å². The Morgan fingerprint density at radius 1 is 1.09 bits per heavy atom. The first kappa shape index (κ1) is 13.5. The number of rotatable bonds is 2. The van der Waals surface area contributed by atoms with Crippen LogP contribution in [0.1, 0.15) is 10.9 Å². The highest BCUT2D eigenvalue weighted by Crippen LogP contribution is 2.44. The quantitative estimate of drug-likeness (QED) is 0.851. The number of carbonyl (C=O) groups is 1. The number of ether oxygens (including phenoxy) is 2. The van der Waals surface area contributed by atoms with Crippen LogP contribution >= 0.6 is 11.8 Å². The largest absolute Gasteiger partial charge is 0.454 e. The molecule has 0 bridgehead atoms. The van der Waals surface area contributed by atoms with E-state index in [0.29, 0.717) is 17.3 Å². The Labute approximate surface area is 130 Å². The van der Waals surface area contributed by atoms with Gasteiger partial charge in [-0.25, -0.2) is 4.39 Å². The molecule has 0 aromatic heterocycles. The predicted octanol–water partition coefficient (Wildman–Crippen LogP) is 3.33. The van der Waals surface area contributed by atoms with Crippen LogP contribution in [-0.4, -0.2) is 18.5 Å². The average Bonchev–Trinajstić information content (AvgIpc) is 3.13. The van der Waals surface area contributed by atoms with Crippen LogP contribution in [0, 0.1) is 5.82 Å². The van der Waals surface area contributed by atoms with Crippen LogP contribution in [0.4, 0.5) is 10.1 Å². The van der Waals surface area contributed by atoms with Gasteiger partial charge in [-0.15, -0.1) is 11.8 Å². The molecule has 0 saturated carbocycles. The minimum atomic E-state index is -0.285. The van der Waals surface area contributed by atoms with Crippen molar-refractivity contribution in [3.63, 3.8) is 0 Å². The molecule has 4 rings (SSSR count). The third-order valence-corrected chi connectivity index (χ3v) is 4.87. The molecule has 2 aromatic carbocycles. The number of amides is 1. The molecule has 2 heterocycles. The highest BCUT2D eigenvalue weighted by molar-refractivity contribution is 8.00. The molecule has 0 radical (unpaired) electrons. The predicted molar refractivity (Wildman–Crippen MR) is 81.7 cm³/mol. The summed E-state index contributed by atoms with van der Waals surface area (Å²) in [6.07, 6.45) is 0. The normalized spacial score (nSPS) is 19.8. The third kappa shape index (κ3) is 2.20. The first-order valence-electron chi connectivity index (χ1n) is 6.81. The van der Waals surface area contributed by atoms with Crippen molar-refractivity contribution in [2.45, 2.75) is 5.37 Å². The summed E-state index contributed by atoms with van der Waals surface area (Å²) in [6.45, 7) is 0.197. The lowest BCUT2D eigenvalue weighted by atomic mass is 10.1. The van der Waals surface area contributed by atoms with Crippen LogP contribution in [0.2, 0.25) is 0 Å². The SMILES string of the molecule is O=C1CSC(c2ccc(F)cc2)N1c1ccc2c(c1)OCO2. The molecule has 1 amide bonds. The van der Waals surface area contributed by atoms with E-state index in [0.717, 1.165) is 11.3 Å². The summed E-state index contributed by atoms with van der Waals surface area (Å²) in [7, 11) is 0. The Morgan fingerprint density at radius 2 is 1.86 bits per heavy atom. The summed E-state index contributed by atoms with van der Waals surface area (Å²) in [5, 5.41) is -0.159. The number of hydrogen-bond donors (Lipinski definition) is 0. The minimum Gasteiger partial charge on any atom is -0.454 e. The smallest absolute Gasteiger partial charge is 0.238 e. The molecule has 1 atom stereocenters. The minimum absolute atomic E-state index is 0.0261. The molecule has 2 aliphatic rings. The van der Waals surface area contributed by atoms with Gasteiger partial charge in [0.05, 0.1) is 5.75 Å². The molecule has 0 spiro atoms. The van der Waals surface area contributed by atoms with Crippen LogP contribution in [-0.2, 0) is 4.79 Å². The van der Waals surface area contributed by atoms with Gasteiger partial charge >= 0.3 is 0 Å². The molecule has 1 saturated heterocycles. The maximum absolute atomic E-state index is 13.1. The van der Waals surface area contributed by atoms with E-state index in [2.05, 4.69) is 0 Å². The number of nitrogens with zero attached hydrogens (tertiary/aromatic N) is 1. The Balaban J connectivity index is 1.71. The summed E-state index contributed by atoms with van der Waals surface area (Å²) < 4.78 is 23.8. The van der Waals surface area contributed by atoms with E-state index in [1.165, 1.54) is 23.9 Å². The van der Waals surface area contributed by atoms with Gasteiger partial charge in [0.2, 0.25) is 12.7 Å². The van der Waals surface area contributed by atoms with E-state index in [-0.39, 0.29) is 23.9 Å². The lowest BCUT2D eigenvalue weighted by molar-refractivity contribution is -0.115. The summed E-state index contributed by atoms with van der Waals surface area (Å²) in [5.74, 6) is 1.46. The van der Waals surface area contributed by atoms with Gasteiger partial charge < -0.3 is 9.47 Å². The van der Waals surface area contributed by atoms with Crippen molar-refractivity contribution >= 4 is 23.4 Å². The zero-order chi connectivity index (χ0) is 15.1. The van der Waals surface area contributed by atoms with Gasteiger partial charge in [-0.05, 0) is 29.8 Å². The maximum Gasteiger partial charge on any atom is 0.238 e. The van der Waals surface area contributed by atoms with Gasteiger partial charge in [0.1, 0.15) is 11.2 Å². The van der Waals surface area contributed by atoms with E-state index in [4.69, 9.17) is 9.47 Å². The van der Waals surface area contributed by atoms with Crippen molar-refractivity contribution in [1.82, 2.24) is 0 Å². The van der Waals surface area contributed by atoms with Crippen molar-refractivity contribution in [3.05, 3.63) is 53.8 Å². The summed E-state index contributed by atoms with van der Waals surface area (Å²) in [4.78, 5) is 14.0. The number of benzene rings is 2. The van der Waals surface area contributed by atoms with Crippen LogP contribution in [0.15, 0.2) is 42.5 Å². The molecular formula is C16H12FNO3S. The number of hydrogen-bond acceptors (Lipinski definition) is 4. The Kier molecular flexibility index (Phi) is 3.18. The van der Waals surface area contributed by atoms with E-state index in [9.17, 15) is 9.18 Å². The van der Waals surface area contributed by atoms with E-state index < -0.39 is 0 Å². The highest BCUT2D eigenvalue weighted by Gasteiger charge is 2.34. The van der Waals surface area contributed by atoms with Gasteiger partial charge in [-0.3, -0.25) is 9.69 Å². The van der Waals surface area contributed by atoms with Crippen LogP contribution in [0.3, 0.4) is 0 Å². The molecule has 4 nitrogen and oxygen atoms in total. The van der Waals surface area contributed by atoms with Crippen molar-refractivity contribution in [2.75, 3.05) is 17.4 Å². The number of fused-ring (bicyclic) bond motifs is 1. The van der Waals surface area contributed by atoms with Gasteiger partial charge in [-0.2, -0.15) is 0 Å². The summed E-state index contributed by atoms with van der Waals surface area (Å²) >= 11 is 1.53. The number of thioether (sulfide) groups is 1. The van der Waals surface area contributed by atoms with Crippen molar-refractivity contribution in [2.24, 2.45) is 0 Å². The second kappa shape index (κ2) is 5.21. The molecule has 2 aromatic rings. The fourth-order valence-corrected chi connectivity index (χ4v) is 3.79. The first-order valence-corrected chi connectivity index (χ1v) is 7.86. The van der Waals surface area contributed by atoms with E-state index in [1.807, 2.05) is 12.1 Å². The second-order valence-corrected chi connectivity index (χ2v) is 6.08. The lowest BCUT2D eigenvalue weighted by Gasteiger charge is -2.24. The number of halogens is 1. The fraction of sp³-hybridized carbons (Fsp3) is 0.188. The second-order valence-electron chi connectivity index (χ2n) is 5.02. The molecule has 2 aliphatic heterocycles. The molecular weight excluding hydrogens is 305 g/mol. The van der Waals surface area contributed by atoms with Crippen LogP contribution in [0.5, 0.6) is 11.5 Å². The van der Waals surface area contributed by atoms with Crippen LogP contribution < -0.4 is 14.4 Å². The number of anilines is 1. The van der Waals surface area contributed by atoms with Crippen LogP contribution in [0.25, 0.3) is 0 Å². The summed E-state index contributed by atoms with van der Waals surface area (Å²) in [5.41, 5.74) is 1.66. The molecule has 1 fully saturated rings. The number of carbonyl (C=O) groups excluding carboxylic acids is 1. The molecule has 0 aliphatic carbocycles. The Hall–Kier alpha value is -2.21. The monoisotopic (exact) mass is 317 g/mol. The third-order valence-electron chi connectivity index (χ3n) is 3.66. The van der Waals surface area contributed by atoms with Crippen molar-refractivity contribution in [1.29, 1.82) is 0 Å². The topological polar surface area (TPSA) is 38.8 Å². The maximum atomic E-state index is 13.1.